The zero-order valence-electron chi connectivity index (χ0n) is 10.2. The number of esters is 1. The van der Waals surface area contributed by atoms with Crippen molar-refractivity contribution in [2.45, 2.75) is 6.61 Å². The van der Waals surface area contributed by atoms with Gasteiger partial charge >= 0.3 is 5.97 Å². The van der Waals surface area contributed by atoms with Crippen LogP contribution in [0, 0.1) is 17.5 Å². The summed E-state index contributed by atoms with van der Waals surface area (Å²) in [5.74, 6) is -3.31. The molecule has 0 fully saturated rings. The Hall–Kier alpha value is -2.50. The number of carbonyl (C=O) groups excluding carboxylic acids is 1. The van der Waals surface area contributed by atoms with Gasteiger partial charge in [-0.15, -0.1) is 0 Å². The van der Waals surface area contributed by atoms with Crippen molar-refractivity contribution in [3.8, 4) is 0 Å². The Morgan fingerprint density at radius 2 is 1.70 bits per heavy atom. The first-order valence-electron chi connectivity index (χ1n) is 5.63. The quantitative estimate of drug-likeness (QED) is 0.695. The van der Waals surface area contributed by atoms with Crippen LogP contribution in [0.5, 0.6) is 0 Å². The van der Waals surface area contributed by atoms with Crippen molar-refractivity contribution < 1.29 is 22.7 Å². The lowest BCUT2D eigenvalue weighted by molar-refractivity contribution is 0.0467. The van der Waals surface area contributed by atoms with Crippen molar-refractivity contribution in [3.63, 3.8) is 0 Å². The fraction of sp³-hybridized carbons (Fsp3) is 0.0714. The van der Waals surface area contributed by atoms with Gasteiger partial charge in [-0.2, -0.15) is 0 Å². The molecule has 0 bridgehead atoms. The minimum Gasteiger partial charge on any atom is -0.457 e. The molecular weight excluding hydrogens is 271 g/mol. The van der Waals surface area contributed by atoms with Crippen LogP contribution in [0.2, 0.25) is 0 Å². The summed E-state index contributed by atoms with van der Waals surface area (Å²) in [4.78, 5) is 11.6. The fourth-order valence-electron chi connectivity index (χ4n) is 1.53. The smallest absolute Gasteiger partial charge is 0.341 e. The Kier molecular flexibility index (Phi) is 3.93. The molecule has 2 N–H and O–H groups in total. The molecule has 20 heavy (non-hydrogen) atoms. The van der Waals surface area contributed by atoms with Gasteiger partial charge in [0.15, 0.2) is 0 Å². The summed E-state index contributed by atoms with van der Waals surface area (Å²) >= 11 is 0. The minimum atomic E-state index is -1.02. The van der Waals surface area contributed by atoms with Gasteiger partial charge in [0, 0.05) is 6.07 Å². The summed E-state index contributed by atoms with van der Waals surface area (Å²) < 4.78 is 44.1. The lowest BCUT2D eigenvalue weighted by Gasteiger charge is -2.07. The number of rotatable bonds is 3. The molecule has 0 aliphatic rings. The molecule has 0 atom stereocenters. The molecule has 3 nitrogen and oxygen atoms in total. The number of benzene rings is 2. The standard InChI is InChI=1S/C14H10F3NO2/c15-9-3-1-8(2-4-9)7-20-14(19)10-5-12(17)13(18)6-11(10)16/h1-6H,7,18H2. The number of halogens is 3. The van der Waals surface area contributed by atoms with Crippen molar-refractivity contribution in [1.29, 1.82) is 0 Å². The fourth-order valence-corrected chi connectivity index (χ4v) is 1.53. The van der Waals surface area contributed by atoms with E-state index in [1.54, 1.807) is 0 Å². The maximum absolute atomic E-state index is 13.5. The van der Waals surface area contributed by atoms with Gasteiger partial charge in [0.25, 0.3) is 0 Å². The van der Waals surface area contributed by atoms with Crippen LogP contribution < -0.4 is 5.73 Å². The second kappa shape index (κ2) is 5.64. The number of anilines is 1. The van der Waals surface area contributed by atoms with Gasteiger partial charge in [-0.05, 0) is 23.8 Å². The summed E-state index contributed by atoms with van der Waals surface area (Å²) in [5, 5.41) is 0. The van der Waals surface area contributed by atoms with E-state index in [2.05, 4.69) is 0 Å². The number of nitrogen functional groups attached to an aromatic ring is 1. The van der Waals surface area contributed by atoms with E-state index in [9.17, 15) is 18.0 Å². The van der Waals surface area contributed by atoms with Crippen LogP contribution in [0.25, 0.3) is 0 Å². The number of nitrogens with two attached hydrogens (primary N) is 1. The van der Waals surface area contributed by atoms with E-state index in [-0.39, 0.29) is 6.61 Å². The number of hydrogen-bond acceptors (Lipinski definition) is 3. The van der Waals surface area contributed by atoms with E-state index < -0.39 is 34.7 Å². The minimum absolute atomic E-state index is 0.176. The average molecular weight is 281 g/mol. The molecule has 2 rings (SSSR count). The second-order valence-corrected chi connectivity index (χ2v) is 4.06. The van der Waals surface area contributed by atoms with Crippen molar-refractivity contribution >= 4 is 11.7 Å². The monoisotopic (exact) mass is 281 g/mol. The first kappa shape index (κ1) is 13.9. The number of carbonyl (C=O) groups is 1. The maximum atomic E-state index is 13.5. The molecule has 0 spiro atoms. The second-order valence-electron chi connectivity index (χ2n) is 4.06. The highest BCUT2D eigenvalue weighted by atomic mass is 19.1. The molecule has 0 unspecified atom stereocenters. The molecule has 0 heterocycles. The number of ether oxygens (including phenoxy) is 1. The Bertz CT molecular complexity index is 642. The summed E-state index contributed by atoms with van der Waals surface area (Å²) in [6, 6.07) is 6.63. The van der Waals surface area contributed by atoms with Gasteiger partial charge in [0.1, 0.15) is 24.1 Å². The maximum Gasteiger partial charge on any atom is 0.341 e. The van der Waals surface area contributed by atoms with E-state index in [0.29, 0.717) is 17.7 Å². The van der Waals surface area contributed by atoms with Crippen molar-refractivity contribution in [2.24, 2.45) is 0 Å². The Morgan fingerprint density at radius 3 is 2.35 bits per heavy atom. The van der Waals surface area contributed by atoms with Gasteiger partial charge in [-0.1, -0.05) is 12.1 Å². The first-order valence-corrected chi connectivity index (χ1v) is 5.63. The molecule has 0 radical (unpaired) electrons. The van der Waals surface area contributed by atoms with Gasteiger partial charge in [0.05, 0.1) is 11.3 Å². The zero-order valence-corrected chi connectivity index (χ0v) is 10.2. The van der Waals surface area contributed by atoms with E-state index in [0.717, 1.165) is 0 Å². The molecule has 0 aromatic heterocycles. The summed E-state index contributed by atoms with van der Waals surface area (Å²) in [5.41, 5.74) is 4.76. The van der Waals surface area contributed by atoms with Crippen LogP contribution in [0.15, 0.2) is 36.4 Å². The van der Waals surface area contributed by atoms with Crippen LogP contribution in [0.4, 0.5) is 18.9 Å². The molecular formula is C14H10F3NO2. The average Bonchev–Trinajstić information content (AvgIpc) is 2.42. The summed E-state index contributed by atoms with van der Waals surface area (Å²) in [6.07, 6.45) is 0. The molecule has 2 aromatic carbocycles. The number of hydrogen-bond donors (Lipinski definition) is 1. The van der Waals surface area contributed by atoms with Crippen LogP contribution in [-0.2, 0) is 11.3 Å². The van der Waals surface area contributed by atoms with Gasteiger partial charge in [0.2, 0.25) is 0 Å². The molecule has 0 amide bonds. The van der Waals surface area contributed by atoms with Crippen molar-refractivity contribution in [2.75, 3.05) is 5.73 Å². The SMILES string of the molecule is Nc1cc(F)c(C(=O)OCc2ccc(F)cc2)cc1F. The van der Waals surface area contributed by atoms with Crippen LogP contribution >= 0.6 is 0 Å². The zero-order chi connectivity index (χ0) is 14.7. The molecule has 104 valence electrons. The summed E-state index contributed by atoms with van der Waals surface area (Å²) in [6.45, 7) is -0.176. The van der Waals surface area contributed by atoms with Crippen LogP contribution in [0.3, 0.4) is 0 Å². The highest BCUT2D eigenvalue weighted by Gasteiger charge is 2.16. The van der Waals surface area contributed by atoms with Crippen LogP contribution in [0.1, 0.15) is 15.9 Å². The Labute approximate surface area is 112 Å². The molecule has 2 aromatic rings. The van der Waals surface area contributed by atoms with Gasteiger partial charge in [-0.3, -0.25) is 0 Å². The largest absolute Gasteiger partial charge is 0.457 e. The lowest BCUT2D eigenvalue weighted by atomic mass is 10.2. The third kappa shape index (κ3) is 3.09. The van der Waals surface area contributed by atoms with Gasteiger partial charge < -0.3 is 10.5 Å². The third-order valence-corrected chi connectivity index (χ3v) is 2.59. The Balaban J connectivity index is 2.09. The van der Waals surface area contributed by atoms with E-state index >= 15 is 0 Å². The van der Waals surface area contributed by atoms with Crippen molar-refractivity contribution in [3.05, 3.63) is 65.0 Å². The van der Waals surface area contributed by atoms with E-state index in [1.165, 1.54) is 24.3 Å². The molecule has 0 aliphatic carbocycles. The predicted octanol–water partition coefficient (Wildman–Crippen LogP) is 3.04. The first-order chi connectivity index (χ1) is 9.47. The van der Waals surface area contributed by atoms with E-state index in [1.807, 2.05) is 0 Å². The highest BCUT2D eigenvalue weighted by molar-refractivity contribution is 5.90. The normalized spacial score (nSPS) is 10.3. The van der Waals surface area contributed by atoms with E-state index in [4.69, 9.17) is 10.5 Å². The molecule has 0 saturated heterocycles. The molecule has 0 saturated carbocycles. The summed E-state index contributed by atoms with van der Waals surface area (Å²) in [7, 11) is 0. The predicted molar refractivity (Wildman–Crippen MR) is 66.3 cm³/mol. The molecule has 6 heteroatoms. The highest BCUT2D eigenvalue weighted by Crippen LogP contribution is 2.18. The third-order valence-electron chi connectivity index (χ3n) is 2.59. The Morgan fingerprint density at radius 1 is 1.05 bits per heavy atom. The van der Waals surface area contributed by atoms with Crippen molar-refractivity contribution in [1.82, 2.24) is 0 Å². The topological polar surface area (TPSA) is 52.3 Å². The lowest BCUT2D eigenvalue weighted by Crippen LogP contribution is -2.09. The van der Waals surface area contributed by atoms with Crippen LogP contribution in [-0.4, -0.2) is 5.97 Å². The van der Waals surface area contributed by atoms with Gasteiger partial charge in [-0.25, -0.2) is 18.0 Å². The molecule has 0 aliphatic heterocycles.